The molecule has 0 radical (unpaired) electrons. The van der Waals surface area contributed by atoms with E-state index < -0.39 is 30.4 Å². The van der Waals surface area contributed by atoms with Crippen LogP contribution in [0, 0.1) is 11.3 Å². The maximum atomic E-state index is 13.3. The van der Waals surface area contributed by atoms with Crippen LogP contribution in [-0.2, 0) is 28.1 Å². The molecule has 1 atom stereocenters. The molecule has 0 aliphatic rings. The first-order chi connectivity index (χ1) is 11.7. The first-order valence-corrected chi connectivity index (χ1v) is 10.6. The minimum Gasteiger partial charge on any atom is -0.479 e. The summed E-state index contributed by atoms with van der Waals surface area (Å²) in [6, 6.07) is 0. The fourth-order valence-corrected chi connectivity index (χ4v) is 4.26. The smallest absolute Gasteiger partial charge is 0.361 e. The second-order valence-electron chi connectivity index (χ2n) is 8.02. The number of aliphatic carboxylic acids is 1. The SMILES string of the molecule is CCOP(=O)(OCC)C(ON(CC(C)C)OC(C)(C)C(=O)O)C(C)(C)C. The number of hydroxylamine groups is 2. The van der Waals surface area contributed by atoms with E-state index in [0.29, 0.717) is 0 Å². The Morgan fingerprint density at radius 1 is 1.08 bits per heavy atom. The highest BCUT2D eigenvalue weighted by Gasteiger charge is 2.47. The van der Waals surface area contributed by atoms with Crippen LogP contribution in [0.4, 0.5) is 0 Å². The van der Waals surface area contributed by atoms with Gasteiger partial charge in [0.05, 0.1) is 19.8 Å². The first-order valence-electron chi connectivity index (χ1n) is 8.95. The topological polar surface area (TPSA) is 94.5 Å². The molecule has 0 aromatic heterocycles. The lowest BCUT2D eigenvalue weighted by Gasteiger charge is -2.39. The van der Waals surface area contributed by atoms with E-state index in [1.54, 1.807) is 13.8 Å². The minimum atomic E-state index is -3.63. The summed E-state index contributed by atoms with van der Waals surface area (Å²) in [5, 5.41) is 10.4. The number of carboxylic acids is 1. The summed E-state index contributed by atoms with van der Waals surface area (Å²) in [5.74, 6) is -2.00. The van der Waals surface area contributed by atoms with Crippen LogP contribution < -0.4 is 0 Å². The van der Waals surface area contributed by atoms with Crippen LogP contribution in [-0.4, -0.2) is 47.5 Å². The average Bonchev–Trinajstić information content (AvgIpc) is 2.42. The van der Waals surface area contributed by atoms with Gasteiger partial charge in [-0.2, -0.15) is 0 Å². The van der Waals surface area contributed by atoms with E-state index in [1.165, 1.54) is 13.8 Å². The molecule has 0 aromatic carbocycles. The highest BCUT2D eigenvalue weighted by Crippen LogP contribution is 2.59. The van der Waals surface area contributed by atoms with Gasteiger partial charge in [-0.15, -0.1) is 0 Å². The Labute approximate surface area is 157 Å². The molecule has 0 saturated carbocycles. The molecular formula is C17H36NO7P. The molecule has 0 fully saturated rings. The fraction of sp³-hybridized carbons (Fsp3) is 0.941. The van der Waals surface area contributed by atoms with Gasteiger partial charge in [0.15, 0.2) is 11.4 Å². The van der Waals surface area contributed by atoms with Crippen molar-refractivity contribution in [1.29, 1.82) is 0 Å². The summed E-state index contributed by atoms with van der Waals surface area (Å²) < 4.78 is 24.2. The molecule has 0 aliphatic heterocycles. The van der Waals surface area contributed by atoms with E-state index in [9.17, 15) is 14.5 Å². The van der Waals surface area contributed by atoms with Crippen LogP contribution in [0.3, 0.4) is 0 Å². The lowest BCUT2D eigenvalue weighted by atomic mass is 9.98. The van der Waals surface area contributed by atoms with Gasteiger partial charge in [0.1, 0.15) is 0 Å². The van der Waals surface area contributed by atoms with E-state index in [1.807, 2.05) is 34.6 Å². The third-order valence-electron chi connectivity index (χ3n) is 3.22. The maximum absolute atomic E-state index is 13.3. The summed E-state index contributed by atoms with van der Waals surface area (Å²) in [7, 11) is -3.63. The zero-order chi connectivity index (χ0) is 20.8. The number of rotatable bonds is 12. The highest BCUT2D eigenvalue weighted by atomic mass is 31.2. The second-order valence-corrected chi connectivity index (χ2v) is 10.1. The molecule has 0 aliphatic carbocycles. The molecule has 26 heavy (non-hydrogen) atoms. The molecule has 1 N–H and O–H groups in total. The third-order valence-corrected chi connectivity index (χ3v) is 5.90. The molecule has 0 saturated heterocycles. The molecule has 0 heterocycles. The van der Waals surface area contributed by atoms with Gasteiger partial charge in [-0.1, -0.05) is 39.8 Å². The molecule has 1 unspecified atom stereocenters. The standard InChI is InChI=1S/C17H36NO7P/c1-10-22-26(21,23-11-2)15(16(5,6)7)24-18(12-13(3)4)25-17(8,9)14(19)20/h13,15H,10-12H2,1-9H3,(H,19,20). The van der Waals surface area contributed by atoms with E-state index in [4.69, 9.17) is 18.7 Å². The number of carbonyl (C=O) groups is 1. The number of hydrogen-bond donors (Lipinski definition) is 1. The minimum absolute atomic E-state index is 0.110. The Morgan fingerprint density at radius 2 is 1.54 bits per heavy atom. The number of carboxylic acid groups (broad SMARTS) is 1. The van der Waals surface area contributed by atoms with Crippen molar-refractivity contribution in [2.75, 3.05) is 19.8 Å². The van der Waals surface area contributed by atoms with Crippen LogP contribution in [0.5, 0.6) is 0 Å². The van der Waals surface area contributed by atoms with Crippen molar-refractivity contribution in [1.82, 2.24) is 5.23 Å². The van der Waals surface area contributed by atoms with E-state index in [-0.39, 0.29) is 25.7 Å². The summed E-state index contributed by atoms with van der Waals surface area (Å²) in [5.41, 5.74) is -2.13. The summed E-state index contributed by atoms with van der Waals surface area (Å²) in [4.78, 5) is 22.9. The Morgan fingerprint density at radius 3 is 1.85 bits per heavy atom. The van der Waals surface area contributed by atoms with Gasteiger partial charge in [-0.05, 0) is 33.6 Å². The molecular weight excluding hydrogens is 361 g/mol. The van der Waals surface area contributed by atoms with Crippen molar-refractivity contribution in [3.05, 3.63) is 0 Å². The van der Waals surface area contributed by atoms with Crippen molar-refractivity contribution < 1.29 is 33.2 Å². The highest BCUT2D eigenvalue weighted by molar-refractivity contribution is 7.54. The lowest BCUT2D eigenvalue weighted by Crippen LogP contribution is -2.46. The second kappa shape index (κ2) is 10.2. The molecule has 0 bridgehead atoms. The summed E-state index contributed by atoms with van der Waals surface area (Å²) >= 11 is 0. The Hall–Kier alpha value is -0.500. The summed E-state index contributed by atoms with van der Waals surface area (Å²) in [6.45, 7) is 16.4. The predicted molar refractivity (Wildman–Crippen MR) is 99.5 cm³/mol. The van der Waals surface area contributed by atoms with Gasteiger partial charge in [0.25, 0.3) is 0 Å². The zero-order valence-electron chi connectivity index (χ0n) is 17.6. The monoisotopic (exact) mass is 397 g/mol. The zero-order valence-corrected chi connectivity index (χ0v) is 18.5. The van der Waals surface area contributed by atoms with E-state index >= 15 is 0 Å². The largest absolute Gasteiger partial charge is 0.479 e. The Bertz CT molecular complexity index is 478. The van der Waals surface area contributed by atoms with Crippen LogP contribution in [0.2, 0.25) is 0 Å². The summed E-state index contributed by atoms with van der Waals surface area (Å²) in [6.07, 6.45) is 0. The molecule has 0 aromatic rings. The molecule has 9 heteroatoms. The average molecular weight is 397 g/mol. The Kier molecular flexibility index (Phi) is 9.96. The number of hydrogen-bond acceptors (Lipinski definition) is 7. The van der Waals surface area contributed by atoms with Gasteiger partial charge < -0.3 is 14.2 Å². The maximum Gasteiger partial charge on any atom is 0.361 e. The molecule has 0 rings (SSSR count). The third kappa shape index (κ3) is 8.03. The van der Waals surface area contributed by atoms with Gasteiger partial charge in [0.2, 0.25) is 0 Å². The van der Waals surface area contributed by atoms with Crippen molar-refractivity contribution in [3.8, 4) is 0 Å². The van der Waals surface area contributed by atoms with Crippen molar-refractivity contribution in [3.63, 3.8) is 0 Å². The Balaban J connectivity index is 5.77. The number of nitrogens with zero attached hydrogens (tertiary/aromatic N) is 1. The van der Waals surface area contributed by atoms with Gasteiger partial charge in [0, 0.05) is 5.41 Å². The molecule has 0 amide bonds. The normalized spacial score (nSPS) is 14.9. The van der Waals surface area contributed by atoms with Gasteiger partial charge >= 0.3 is 13.6 Å². The van der Waals surface area contributed by atoms with E-state index in [0.717, 1.165) is 5.23 Å². The quantitative estimate of drug-likeness (QED) is 0.385. The molecule has 0 spiro atoms. The van der Waals surface area contributed by atoms with Crippen molar-refractivity contribution >= 4 is 13.6 Å². The fourth-order valence-electron chi connectivity index (χ4n) is 2.03. The lowest BCUT2D eigenvalue weighted by molar-refractivity contribution is -0.414. The molecule has 8 nitrogen and oxygen atoms in total. The van der Waals surface area contributed by atoms with Crippen LogP contribution in [0.1, 0.15) is 62.3 Å². The molecule has 156 valence electrons. The van der Waals surface area contributed by atoms with Gasteiger partial charge in [-0.3, -0.25) is 14.2 Å². The van der Waals surface area contributed by atoms with Crippen LogP contribution in [0.15, 0.2) is 0 Å². The first kappa shape index (κ1) is 25.5. The van der Waals surface area contributed by atoms with Crippen LogP contribution in [0.25, 0.3) is 0 Å². The van der Waals surface area contributed by atoms with Crippen molar-refractivity contribution in [2.45, 2.75) is 73.8 Å². The predicted octanol–water partition coefficient (Wildman–Crippen LogP) is 4.31. The van der Waals surface area contributed by atoms with Crippen LogP contribution >= 0.6 is 7.60 Å². The van der Waals surface area contributed by atoms with Crippen molar-refractivity contribution in [2.24, 2.45) is 11.3 Å². The van der Waals surface area contributed by atoms with Gasteiger partial charge in [-0.25, -0.2) is 4.79 Å². The van der Waals surface area contributed by atoms with E-state index in [2.05, 4.69) is 0 Å².